The highest BCUT2D eigenvalue weighted by molar-refractivity contribution is 9.10. The van der Waals surface area contributed by atoms with Gasteiger partial charge in [0, 0.05) is 36.0 Å². The summed E-state index contributed by atoms with van der Waals surface area (Å²) in [6.07, 6.45) is 7.00. The first-order valence-electron chi connectivity index (χ1n) is 8.94. The molecule has 1 amide bonds. The van der Waals surface area contributed by atoms with Crippen molar-refractivity contribution in [3.63, 3.8) is 0 Å². The minimum absolute atomic E-state index is 0.0331. The number of hydrogen-bond donors (Lipinski definition) is 0. The van der Waals surface area contributed by atoms with E-state index in [4.69, 9.17) is 4.74 Å². The Morgan fingerprint density at radius 3 is 2.89 bits per heavy atom. The van der Waals surface area contributed by atoms with Crippen LogP contribution < -0.4 is 4.74 Å². The molecule has 8 heteroatoms. The molecule has 0 unspecified atom stereocenters. The van der Waals surface area contributed by atoms with Crippen molar-refractivity contribution in [3.05, 3.63) is 52.5 Å². The lowest BCUT2D eigenvalue weighted by atomic mass is 9.97. The van der Waals surface area contributed by atoms with Crippen molar-refractivity contribution in [3.8, 4) is 5.88 Å². The van der Waals surface area contributed by atoms with E-state index in [2.05, 4.69) is 31.0 Å². The molecule has 1 aliphatic rings. The van der Waals surface area contributed by atoms with E-state index in [-0.39, 0.29) is 5.91 Å². The van der Waals surface area contributed by atoms with Gasteiger partial charge in [-0.2, -0.15) is 0 Å². The second-order valence-electron chi connectivity index (χ2n) is 6.80. The lowest BCUT2D eigenvalue weighted by Crippen LogP contribution is -2.39. The fourth-order valence-corrected chi connectivity index (χ4v) is 3.64. The van der Waals surface area contributed by atoms with Crippen LogP contribution in [0.4, 0.5) is 0 Å². The molecule has 4 heterocycles. The van der Waals surface area contributed by atoms with E-state index in [0.717, 1.165) is 41.7 Å². The van der Waals surface area contributed by atoms with Crippen LogP contribution in [0.25, 0.3) is 5.65 Å². The number of rotatable bonds is 4. The van der Waals surface area contributed by atoms with E-state index in [9.17, 15) is 4.79 Å². The lowest BCUT2D eigenvalue weighted by Gasteiger charge is -2.31. The van der Waals surface area contributed by atoms with Crippen molar-refractivity contribution in [2.45, 2.75) is 19.8 Å². The van der Waals surface area contributed by atoms with Crippen LogP contribution in [0.5, 0.6) is 5.88 Å². The van der Waals surface area contributed by atoms with Gasteiger partial charge in [0.15, 0.2) is 5.65 Å². The molecular weight excluding hydrogens is 410 g/mol. The zero-order valence-electron chi connectivity index (χ0n) is 15.0. The molecule has 0 radical (unpaired) electrons. The molecule has 0 saturated carbocycles. The van der Waals surface area contributed by atoms with Crippen LogP contribution in [-0.4, -0.2) is 50.1 Å². The molecule has 3 aromatic heterocycles. The Morgan fingerprint density at radius 1 is 1.30 bits per heavy atom. The maximum absolute atomic E-state index is 12.6. The van der Waals surface area contributed by atoms with E-state index in [1.807, 2.05) is 36.2 Å². The van der Waals surface area contributed by atoms with Crippen molar-refractivity contribution in [2.24, 2.45) is 5.92 Å². The van der Waals surface area contributed by atoms with Crippen molar-refractivity contribution >= 4 is 27.5 Å². The van der Waals surface area contributed by atoms with Crippen molar-refractivity contribution in [2.75, 3.05) is 19.7 Å². The Balaban J connectivity index is 1.30. The topological polar surface area (TPSA) is 72.6 Å². The Bertz CT molecular complexity index is 966. The largest absolute Gasteiger partial charge is 0.476 e. The van der Waals surface area contributed by atoms with Gasteiger partial charge in [-0.15, -0.1) is 5.10 Å². The van der Waals surface area contributed by atoms with Gasteiger partial charge in [0.1, 0.15) is 0 Å². The number of likely N-dealkylation sites (tertiary alicyclic amines) is 1. The van der Waals surface area contributed by atoms with E-state index in [1.54, 1.807) is 16.9 Å². The van der Waals surface area contributed by atoms with Gasteiger partial charge in [-0.25, -0.2) is 9.50 Å². The van der Waals surface area contributed by atoms with Crippen LogP contribution in [0, 0.1) is 12.8 Å². The predicted octanol–water partition coefficient (Wildman–Crippen LogP) is 3.13. The van der Waals surface area contributed by atoms with E-state index in [0.29, 0.717) is 24.0 Å². The molecule has 140 valence electrons. The highest BCUT2D eigenvalue weighted by atomic mass is 79.9. The second-order valence-corrected chi connectivity index (χ2v) is 7.71. The predicted molar refractivity (Wildman–Crippen MR) is 104 cm³/mol. The Morgan fingerprint density at radius 2 is 2.11 bits per heavy atom. The van der Waals surface area contributed by atoms with Gasteiger partial charge in [-0.1, -0.05) is 0 Å². The minimum Gasteiger partial charge on any atom is -0.476 e. The zero-order valence-corrected chi connectivity index (χ0v) is 16.6. The van der Waals surface area contributed by atoms with Gasteiger partial charge >= 0.3 is 0 Å². The summed E-state index contributed by atoms with van der Waals surface area (Å²) in [5, 5.41) is 4.43. The van der Waals surface area contributed by atoms with Crippen molar-refractivity contribution in [1.29, 1.82) is 0 Å². The van der Waals surface area contributed by atoms with Crippen LogP contribution in [-0.2, 0) is 0 Å². The average molecular weight is 430 g/mol. The van der Waals surface area contributed by atoms with Gasteiger partial charge in [-0.05, 0) is 53.7 Å². The lowest BCUT2D eigenvalue weighted by molar-refractivity contribution is 0.0658. The molecule has 1 fully saturated rings. The summed E-state index contributed by atoms with van der Waals surface area (Å²) in [5.74, 6) is 1.04. The molecule has 0 bridgehead atoms. The Hall–Kier alpha value is -2.48. The van der Waals surface area contributed by atoms with Crippen molar-refractivity contribution < 1.29 is 9.53 Å². The van der Waals surface area contributed by atoms with Gasteiger partial charge in [0.2, 0.25) is 5.88 Å². The Kier molecular flexibility index (Phi) is 5.07. The van der Waals surface area contributed by atoms with Crippen molar-refractivity contribution in [1.82, 2.24) is 24.5 Å². The summed E-state index contributed by atoms with van der Waals surface area (Å²) in [7, 11) is 0. The number of hydrogen-bond acceptors (Lipinski definition) is 5. The first-order chi connectivity index (χ1) is 13.1. The standard InChI is InChI=1S/C19H20BrN5O2/c1-13-11-25-17(22-13)2-3-18(23-25)27-12-14-4-6-24(7-5-14)19(26)15-8-16(20)10-21-9-15/h2-3,8-11,14H,4-7,12H2,1H3. The minimum atomic E-state index is 0.0331. The first kappa shape index (κ1) is 17.9. The SMILES string of the molecule is Cc1cn2nc(OCC3CCN(C(=O)c4cncc(Br)c4)CC3)ccc2n1. The molecule has 0 atom stereocenters. The number of amides is 1. The number of carbonyl (C=O) groups excluding carboxylic acids is 1. The molecule has 4 rings (SSSR count). The summed E-state index contributed by atoms with van der Waals surface area (Å²) in [4.78, 5) is 22.9. The molecule has 0 aliphatic carbocycles. The number of carbonyl (C=O) groups is 1. The highest BCUT2D eigenvalue weighted by Crippen LogP contribution is 2.21. The van der Waals surface area contributed by atoms with Crippen LogP contribution in [0.3, 0.4) is 0 Å². The van der Waals surface area contributed by atoms with E-state index >= 15 is 0 Å². The fraction of sp³-hybridized carbons (Fsp3) is 0.368. The number of aryl methyl sites for hydroxylation is 1. The molecule has 1 saturated heterocycles. The zero-order chi connectivity index (χ0) is 18.8. The quantitative estimate of drug-likeness (QED) is 0.636. The van der Waals surface area contributed by atoms with Gasteiger partial charge in [0.25, 0.3) is 5.91 Å². The maximum Gasteiger partial charge on any atom is 0.255 e. The number of aromatic nitrogens is 4. The van der Waals surface area contributed by atoms with Crippen LogP contribution in [0.15, 0.2) is 41.3 Å². The molecular formula is C19H20BrN5O2. The fourth-order valence-electron chi connectivity index (χ4n) is 3.28. The third-order valence-corrected chi connectivity index (χ3v) is 5.17. The number of nitrogens with zero attached hydrogens (tertiary/aromatic N) is 5. The van der Waals surface area contributed by atoms with Gasteiger partial charge in [-0.3, -0.25) is 9.78 Å². The number of piperidine rings is 1. The van der Waals surface area contributed by atoms with E-state index < -0.39 is 0 Å². The number of ether oxygens (including phenoxy) is 1. The van der Waals surface area contributed by atoms with Gasteiger partial charge < -0.3 is 9.64 Å². The molecule has 1 aliphatic heterocycles. The number of fused-ring (bicyclic) bond motifs is 1. The molecule has 0 spiro atoms. The first-order valence-corrected chi connectivity index (χ1v) is 9.73. The summed E-state index contributed by atoms with van der Waals surface area (Å²) in [6, 6.07) is 5.56. The number of pyridine rings is 1. The molecule has 0 N–H and O–H groups in total. The maximum atomic E-state index is 12.6. The summed E-state index contributed by atoms with van der Waals surface area (Å²) in [6.45, 7) is 4.00. The Labute approximate surface area is 165 Å². The molecule has 27 heavy (non-hydrogen) atoms. The average Bonchev–Trinajstić information content (AvgIpc) is 3.05. The normalized spacial score (nSPS) is 15.3. The number of halogens is 1. The summed E-state index contributed by atoms with van der Waals surface area (Å²) < 4.78 is 8.43. The molecule has 0 aromatic carbocycles. The van der Waals surface area contributed by atoms with E-state index in [1.165, 1.54) is 0 Å². The van der Waals surface area contributed by atoms with Gasteiger partial charge in [0.05, 0.1) is 24.1 Å². The highest BCUT2D eigenvalue weighted by Gasteiger charge is 2.24. The van der Waals surface area contributed by atoms with Crippen LogP contribution in [0.2, 0.25) is 0 Å². The number of imidazole rings is 1. The third kappa shape index (κ3) is 4.10. The smallest absolute Gasteiger partial charge is 0.255 e. The third-order valence-electron chi connectivity index (χ3n) is 4.74. The summed E-state index contributed by atoms with van der Waals surface area (Å²) >= 11 is 3.36. The summed E-state index contributed by atoms with van der Waals surface area (Å²) in [5.41, 5.74) is 2.36. The van der Waals surface area contributed by atoms with Crippen LogP contribution in [0.1, 0.15) is 28.9 Å². The van der Waals surface area contributed by atoms with Crippen LogP contribution >= 0.6 is 15.9 Å². The second kappa shape index (κ2) is 7.64. The molecule has 7 nitrogen and oxygen atoms in total. The monoisotopic (exact) mass is 429 g/mol. The molecule has 3 aromatic rings.